The molecule has 1 unspecified atom stereocenters. The van der Waals surface area contributed by atoms with Crippen molar-refractivity contribution in [3.63, 3.8) is 0 Å². The molecule has 4 rings (SSSR count). The fourth-order valence-electron chi connectivity index (χ4n) is 5.13. The maximum absolute atomic E-state index is 12.2. The lowest BCUT2D eigenvalue weighted by Crippen LogP contribution is -2.59. The maximum Gasteiger partial charge on any atom is 0.245 e. The number of fused-ring (bicyclic) bond motifs is 1. The third kappa shape index (κ3) is 5.21. The Bertz CT molecular complexity index is 1180. The van der Waals surface area contributed by atoms with Crippen molar-refractivity contribution in [2.45, 2.75) is 39.2 Å². The molecule has 2 amide bonds. The third-order valence-corrected chi connectivity index (χ3v) is 6.88. The zero-order valence-electron chi connectivity index (χ0n) is 20.7. The first-order valence-corrected chi connectivity index (χ1v) is 12.1. The minimum atomic E-state index is -0.0911. The number of carbonyl (C=O) groups excluding carboxylic acids is 2. The molecule has 2 N–H and O–H groups in total. The van der Waals surface area contributed by atoms with E-state index >= 15 is 0 Å². The zero-order valence-corrected chi connectivity index (χ0v) is 20.7. The fourth-order valence-corrected chi connectivity index (χ4v) is 5.13. The van der Waals surface area contributed by atoms with Gasteiger partial charge in [-0.3, -0.25) is 9.59 Å². The molecule has 0 bridgehead atoms. The number of benzene rings is 1. The normalized spacial score (nSPS) is 17.2. The fraction of sp³-hybridized carbons (Fsp3) is 0.500. The van der Waals surface area contributed by atoms with Gasteiger partial charge in [0.25, 0.3) is 0 Å². The number of rotatable bonds is 8. The number of nitrogens with zero attached hydrogens (tertiary/aromatic N) is 5. The van der Waals surface area contributed by atoms with Gasteiger partial charge in [0.2, 0.25) is 17.8 Å². The van der Waals surface area contributed by atoms with Crippen molar-refractivity contribution in [1.29, 1.82) is 5.26 Å². The monoisotopic (exact) mass is 475 g/mol. The molecule has 3 heterocycles. The van der Waals surface area contributed by atoms with Crippen molar-refractivity contribution in [3.05, 3.63) is 36.4 Å². The summed E-state index contributed by atoms with van der Waals surface area (Å²) in [5.41, 5.74) is 1.28. The van der Waals surface area contributed by atoms with Gasteiger partial charge in [0.05, 0.1) is 17.1 Å². The van der Waals surface area contributed by atoms with Crippen molar-refractivity contribution in [2.75, 3.05) is 43.4 Å². The molecule has 9 nitrogen and oxygen atoms in total. The molecule has 0 aliphatic carbocycles. The SMILES string of the molecule is C=CC(=O)N1CC2(CCN(c3nc(NC(CC(=O)NC)CC(C)C)c4ccc(C#N)cc4n3)C2)C1. The lowest BCUT2D eigenvalue weighted by atomic mass is 9.79. The first-order chi connectivity index (χ1) is 16.8. The summed E-state index contributed by atoms with van der Waals surface area (Å²) >= 11 is 0. The van der Waals surface area contributed by atoms with Gasteiger partial charge in [-0.1, -0.05) is 20.4 Å². The van der Waals surface area contributed by atoms with E-state index in [4.69, 9.17) is 9.97 Å². The molecule has 0 saturated carbocycles. The standard InChI is InChI=1S/C26H33N7O2/c1-5-23(35)33-15-26(16-33)8-9-32(14-26)25-30-21-11-18(13-27)6-7-20(21)24(31-25)29-19(10-17(2)3)12-22(34)28-4/h5-7,11,17,19H,1,8-10,12,14-16H2,2-4H3,(H,28,34)(H,29,30,31). The van der Waals surface area contributed by atoms with Gasteiger partial charge in [-0.25, -0.2) is 4.98 Å². The van der Waals surface area contributed by atoms with Crippen LogP contribution in [-0.4, -0.2) is 66.0 Å². The van der Waals surface area contributed by atoms with Crippen molar-refractivity contribution >= 4 is 34.5 Å². The number of carbonyl (C=O) groups is 2. The number of nitrogens with one attached hydrogen (secondary N) is 2. The molecule has 2 fully saturated rings. The number of anilines is 2. The quantitative estimate of drug-likeness (QED) is 0.564. The Balaban J connectivity index is 1.64. The van der Waals surface area contributed by atoms with Crippen LogP contribution in [0.4, 0.5) is 11.8 Å². The summed E-state index contributed by atoms with van der Waals surface area (Å²) in [4.78, 5) is 37.8. The Morgan fingerprint density at radius 1 is 1.29 bits per heavy atom. The first-order valence-electron chi connectivity index (χ1n) is 12.1. The van der Waals surface area contributed by atoms with Crippen LogP contribution in [0.3, 0.4) is 0 Å². The van der Waals surface area contributed by atoms with Gasteiger partial charge in [-0.05, 0) is 43.0 Å². The molecular formula is C26H33N7O2. The van der Waals surface area contributed by atoms with Crippen LogP contribution in [0.5, 0.6) is 0 Å². The molecule has 2 saturated heterocycles. The Morgan fingerprint density at radius 2 is 2.06 bits per heavy atom. The van der Waals surface area contributed by atoms with E-state index in [1.807, 2.05) is 11.0 Å². The summed E-state index contributed by atoms with van der Waals surface area (Å²) in [6, 6.07) is 7.50. The predicted octanol–water partition coefficient (Wildman–Crippen LogP) is 2.69. The molecule has 9 heteroatoms. The number of nitriles is 1. The van der Waals surface area contributed by atoms with E-state index in [-0.39, 0.29) is 23.3 Å². The van der Waals surface area contributed by atoms with E-state index in [1.54, 1.807) is 19.2 Å². The molecule has 2 aliphatic heterocycles. The van der Waals surface area contributed by atoms with Crippen LogP contribution in [0, 0.1) is 22.7 Å². The molecule has 1 aromatic carbocycles. The van der Waals surface area contributed by atoms with Gasteiger partial charge in [0.1, 0.15) is 5.82 Å². The summed E-state index contributed by atoms with van der Waals surface area (Å²) in [6.45, 7) is 10.8. The van der Waals surface area contributed by atoms with Gasteiger partial charge >= 0.3 is 0 Å². The smallest absolute Gasteiger partial charge is 0.245 e. The van der Waals surface area contributed by atoms with Crippen LogP contribution in [0.15, 0.2) is 30.9 Å². The van der Waals surface area contributed by atoms with Gasteiger partial charge in [0, 0.05) is 56.5 Å². The molecule has 184 valence electrons. The Labute approximate surface area is 206 Å². The van der Waals surface area contributed by atoms with Crippen molar-refractivity contribution in [1.82, 2.24) is 20.2 Å². The highest BCUT2D eigenvalue weighted by atomic mass is 16.2. The molecular weight excluding hydrogens is 442 g/mol. The second-order valence-corrected chi connectivity index (χ2v) is 10.1. The predicted molar refractivity (Wildman–Crippen MR) is 136 cm³/mol. The molecule has 1 spiro atoms. The van der Waals surface area contributed by atoms with Crippen LogP contribution in [-0.2, 0) is 9.59 Å². The Morgan fingerprint density at radius 3 is 2.71 bits per heavy atom. The van der Waals surface area contributed by atoms with Crippen molar-refractivity contribution in [3.8, 4) is 6.07 Å². The van der Waals surface area contributed by atoms with E-state index in [1.165, 1.54) is 6.08 Å². The van der Waals surface area contributed by atoms with Crippen LogP contribution < -0.4 is 15.5 Å². The van der Waals surface area contributed by atoms with Crippen molar-refractivity contribution < 1.29 is 9.59 Å². The van der Waals surface area contributed by atoms with Crippen molar-refractivity contribution in [2.24, 2.45) is 11.3 Å². The van der Waals surface area contributed by atoms with Crippen LogP contribution >= 0.6 is 0 Å². The minimum absolute atomic E-state index is 0.0288. The molecule has 0 radical (unpaired) electrons. The van der Waals surface area contributed by atoms with E-state index < -0.39 is 0 Å². The summed E-state index contributed by atoms with van der Waals surface area (Å²) < 4.78 is 0. The number of aromatic nitrogens is 2. The van der Waals surface area contributed by atoms with Crippen LogP contribution in [0.1, 0.15) is 38.7 Å². The second-order valence-electron chi connectivity index (χ2n) is 10.1. The summed E-state index contributed by atoms with van der Waals surface area (Å²) in [5, 5.41) is 16.5. The molecule has 1 aromatic heterocycles. The largest absolute Gasteiger partial charge is 0.366 e. The average molecular weight is 476 g/mol. The van der Waals surface area contributed by atoms with Gasteiger partial charge in [-0.2, -0.15) is 10.2 Å². The van der Waals surface area contributed by atoms with Gasteiger partial charge in [0.15, 0.2) is 0 Å². The van der Waals surface area contributed by atoms with Gasteiger partial charge < -0.3 is 20.4 Å². The lowest BCUT2D eigenvalue weighted by Gasteiger charge is -2.47. The lowest BCUT2D eigenvalue weighted by molar-refractivity contribution is -0.136. The van der Waals surface area contributed by atoms with Crippen LogP contribution in [0.25, 0.3) is 10.9 Å². The van der Waals surface area contributed by atoms with E-state index in [0.29, 0.717) is 48.3 Å². The number of likely N-dealkylation sites (tertiary alicyclic amines) is 1. The topological polar surface area (TPSA) is 114 Å². The number of hydrogen-bond donors (Lipinski definition) is 2. The summed E-state index contributed by atoms with van der Waals surface area (Å²) in [6.07, 6.45) is 3.47. The molecule has 35 heavy (non-hydrogen) atoms. The molecule has 2 aromatic rings. The highest BCUT2D eigenvalue weighted by molar-refractivity contribution is 5.91. The zero-order chi connectivity index (χ0) is 25.2. The summed E-state index contributed by atoms with van der Waals surface area (Å²) in [7, 11) is 1.64. The Hall–Kier alpha value is -3.67. The minimum Gasteiger partial charge on any atom is -0.366 e. The number of hydrogen-bond acceptors (Lipinski definition) is 7. The second kappa shape index (κ2) is 9.90. The highest BCUT2D eigenvalue weighted by Crippen LogP contribution is 2.41. The average Bonchev–Trinajstić information content (AvgIpc) is 3.27. The first kappa shape index (κ1) is 24.5. The van der Waals surface area contributed by atoms with Gasteiger partial charge in [-0.15, -0.1) is 0 Å². The maximum atomic E-state index is 12.2. The van der Waals surface area contributed by atoms with E-state index in [0.717, 1.165) is 31.3 Å². The third-order valence-electron chi connectivity index (χ3n) is 6.88. The Kier molecular flexibility index (Phi) is 6.92. The number of amides is 2. The molecule has 2 aliphatic rings. The molecule has 1 atom stereocenters. The van der Waals surface area contributed by atoms with E-state index in [9.17, 15) is 14.9 Å². The highest BCUT2D eigenvalue weighted by Gasteiger charge is 2.49. The van der Waals surface area contributed by atoms with Crippen LogP contribution in [0.2, 0.25) is 0 Å². The summed E-state index contributed by atoms with van der Waals surface area (Å²) in [5.74, 6) is 1.61. The van der Waals surface area contributed by atoms with E-state index in [2.05, 4.69) is 42.0 Å².